The number of carbonyl (C=O) groups excluding carboxylic acids is 1. The average molecular weight is 331 g/mol. The summed E-state index contributed by atoms with van der Waals surface area (Å²) in [6, 6.07) is 5.15. The third-order valence-corrected chi connectivity index (χ3v) is 4.21. The molecule has 0 aliphatic carbocycles. The molecule has 5 nitrogen and oxygen atoms in total. The Morgan fingerprint density at radius 2 is 1.95 bits per heavy atom. The van der Waals surface area contributed by atoms with E-state index >= 15 is 0 Å². The molecule has 0 radical (unpaired) electrons. The fraction of sp³-hybridized carbons (Fsp3) is 0.562. The molecule has 3 N–H and O–H groups in total. The van der Waals surface area contributed by atoms with Crippen molar-refractivity contribution in [2.45, 2.75) is 33.2 Å². The topological polar surface area (TPSA) is 75.8 Å². The summed E-state index contributed by atoms with van der Waals surface area (Å²) in [7, 11) is 3.27. The number of phenolic OH excluding ortho intramolecular Hbond substituents is 1. The molecule has 0 aromatic heterocycles. The summed E-state index contributed by atoms with van der Waals surface area (Å²) in [4.78, 5) is 14.3. The van der Waals surface area contributed by atoms with E-state index in [1.165, 1.54) is 7.11 Å². The van der Waals surface area contributed by atoms with Crippen molar-refractivity contribution < 1.29 is 14.6 Å². The smallest absolute Gasteiger partial charge is 0.230 e. The molecule has 6 heteroatoms. The first kappa shape index (κ1) is 20.5. The van der Waals surface area contributed by atoms with E-state index in [4.69, 9.17) is 10.5 Å². The second kappa shape index (κ2) is 8.86. The molecule has 0 spiro atoms. The Kier molecular flexibility index (Phi) is 8.27. The highest BCUT2D eigenvalue weighted by molar-refractivity contribution is 5.85. The molecule has 0 heterocycles. The number of methoxy groups -OCH3 is 1. The molecule has 0 saturated carbocycles. The molecule has 1 aromatic rings. The van der Waals surface area contributed by atoms with Gasteiger partial charge in [0.2, 0.25) is 5.91 Å². The molecule has 0 unspecified atom stereocenters. The predicted molar refractivity (Wildman–Crippen MR) is 90.5 cm³/mol. The van der Waals surface area contributed by atoms with Gasteiger partial charge in [0, 0.05) is 20.1 Å². The number of aromatic hydroxyl groups is 1. The van der Waals surface area contributed by atoms with Crippen LogP contribution in [-0.4, -0.2) is 36.6 Å². The number of rotatable bonds is 7. The van der Waals surface area contributed by atoms with Crippen LogP contribution in [0.15, 0.2) is 18.2 Å². The Hall–Kier alpha value is -1.46. The zero-order valence-corrected chi connectivity index (χ0v) is 14.6. The molecular weight excluding hydrogens is 304 g/mol. The largest absolute Gasteiger partial charge is 0.504 e. The number of hydrogen-bond acceptors (Lipinski definition) is 4. The zero-order chi connectivity index (χ0) is 16.0. The predicted octanol–water partition coefficient (Wildman–Crippen LogP) is 2.55. The van der Waals surface area contributed by atoms with Crippen LogP contribution in [-0.2, 0) is 11.3 Å². The maximum absolute atomic E-state index is 12.6. The maximum Gasteiger partial charge on any atom is 0.230 e. The minimum Gasteiger partial charge on any atom is -0.504 e. The van der Waals surface area contributed by atoms with Crippen LogP contribution in [0.25, 0.3) is 0 Å². The summed E-state index contributed by atoms with van der Waals surface area (Å²) in [5.74, 6) is 0.545. The lowest BCUT2D eigenvalue weighted by Gasteiger charge is -2.33. The summed E-state index contributed by atoms with van der Waals surface area (Å²) in [5.41, 5.74) is 6.17. The number of phenols is 1. The normalized spacial score (nSPS) is 10.8. The van der Waals surface area contributed by atoms with Gasteiger partial charge in [-0.25, -0.2) is 0 Å². The molecule has 0 bridgehead atoms. The van der Waals surface area contributed by atoms with Crippen molar-refractivity contribution in [1.82, 2.24) is 4.90 Å². The standard InChI is InChI=1S/C16H26N2O3.ClH/c1-5-16(6-2,11-17)15(20)18(3)10-12-7-8-14(21-4)13(19)9-12;/h7-9,19H,5-6,10-11,17H2,1-4H3;1H. The highest BCUT2D eigenvalue weighted by atomic mass is 35.5. The van der Waals surface area contributed by atoms with Crippen molar-refractivity contribution >= 4 is 18.3 Å². The summed E-state index contributed by atoms with van der Waals surface area (Å²) < 4.78 is 5.01. The van der Waals surface area contributed by atoms with Crippen molar-refractivity contribution in [3.63, 3.8) is 0 Å². The number of ether oxygens (including phenoxy) is 1. The van der Waals surface area contributed by atoms with Gasteiger partial charge in [-0.3, -0.25) is 4.79 Å². The van der Waals surface area contributed by atoms with E-state index in [1.54, 1.807) is 24.1 Å². The van der Waals surface area contributed by atoms with Gasteiger partial charge in [0.15, 0.2) is 11.5 Å². The van der Waals surface area contributed by atoms with Gasteiger partial charge < -0.3 is 20.5 Å². The minimum absolute atomic E-state index is 0. The van der Waals surface area contributed by atoms with E-state index in [-0.39, 0.29) is 24.1 Å². The number of hydrogen-bond donors (Lipinski definition) is 2. The summed E-state index contributed by atoms with van der Waals surface area (Å²) in [6.07, 6.45) is 1.44. The molecule has 1 amide bonds. The van der Waals surface area contributed by atoms with Gasteiger partial charge in [-0.2, -0.15) is 0 Å². The van der Waals surface area contributed by atoms with E-state index in [9.17, 15) is 9.90 Å². The lowest BCUT2D eigenvalue weighted by atomic mass is 9.81. The lowest BCUT2D eigenvalue weighted by molar-refractivity contribution is -0.141. The number of halogens is 1. The van der Waals surface area contributed by atoms with Crippen molar-refractivity contribution in [1.29, 1.82) is 0 Å². The minimum atomic E-state index is -0.497. The third-order valence-electron chi connectivity index (χ3n) is 4.21. The van der Waals surface area contributed by atoms with Gasteiger partial charge in [0.1, 0.15) is 0 Å². The van der Waals surface area contributed by atoms with E-state index < -0.39 is 5.41 Å². The Morgan fingerprint density at radius 1 is 1.36 bits per heavy atom. The highest BCUT2D eigenvalue weighted by Gasteiger charge is 2.35. The number of nitrogens with two attached hydrogens (primary N) is 1. The van der Waals surface area contributed by atoms with Crippen LogP contribution in [0.5, 0.6) is 11.5 Å². The number of carbonyl (C=O) groups is 1. The van der Waals surface area contributed by atoms with Crippen LogP contribution in [0, 0.1) is 5.41 Å². The van der Waals surface area contributed by atoms with E-state index in [0.717, 1.165) is 18.4 Å². The Balaban J connectivity index is 0.00000441. The van der Waals surface area contributed by atoms with Gasteiger partial charge in [0.25, 0.3) is 0 Å². The van der Waals surface area contributed by atoms with Crippen molar-refractivity contribution in [2.24, 2.45) is 11.1 Å². The van der Waals surface area contributed by atoms with Crippen molar-refractivity contribution in [3.8, 4) is 11.5 Å². The fourth-order valence-electron chi connectivity index (χ4n) is 2.51. The SMILES string of the molecule is CCC(CC)(CN)C(=O)N(C)Cc1ccc(OC)c(O)c1.Cl. The van der Waals surface area contributed by atoms with E-state index in [2.05, 4.69) is 0 Å². The summed E-state index contributed by atoms with van der Waals surface area (Å²) in [6.45, 7) is 4.75. The monoisotopic (exact) mass is 330 g/mol. The number of amides is 1. The van der Waals surface area contributed by atoms with Crippen molar-refractivity contribution in [3.05, 3.63) is 23.8 Å². The molecule has 0 atom stereocenters. The van der Waals surface area contributed by atoms with Crippen LogP contribution in [0.1, 0.15) is 32.3 Å². The second-order valence-corrected chi connectivity index (χ2v) is 5.36. The van der Waals surface area contributed by atoms with Crippen molar-refractivity contribution in [2.75, 3.05) is 20.7 Å². The quantitative estimate of drug-likeness (QED) is 0.805. The fourth-order valence-corrected chi connectivity index (χ4v) is 2.51. The van der Waals surface area contributed by atoms with E-state index in [1.807, 2.05) is 19.9 Å². The van der Waals surface area contributed by atoms with Gasteiger partial charge >= 0.3 is 0 Å². The number of benzene rings is 1. The van der Waals surface area contributed by atoms with E-state index in [0.29, 0.717) is 18.8 Å². The molecular formula is C16H27ClN2O3. The first-order valence-corrected chi connectivity index (χ1v) is 7.25. The highest BCUT2D eigenvalue weighted by Crippen LogP contribution is 2.29. The van der Waals surface area contributed by atoms with Crippen LogP contribution >= 0.6 is 12.4 Å². The molecule has 0 saturated heterocycles. The Morgan fingerprint density at radius 3 is 2.36 bits per heavy atom. The maximum atomic E-state index is 12.6. The van der Waals surface area contributed by atoms with Gasteiger partial charge in [-0.1, -0.05) is 19.9 Å². The van der Waals surface area contributed by atoms with Gasteiger partial charge in [0.05, 0.1) is 12.5 Å². The molecule has 0 fully saturated rings. The second-order valence-electron chi connectivity index (χ2n) is 5.36. The van der Waals surface area contributed by atoms with Gasteiger partial charge in [-0.15, -0.1) is 12.4 Å². The number of nitrogens with zero attached hydrogens (tertiary/aromatic N) is 1. The molecule has 0 aliphatic rings. The zero-order valence-electron chi connectivity index (χ0n) is 13.8. The first-order chi connectivity index (χ1) is 9.93. The molecule has 1 aromatic carbocycles. The third kappa shape index (κ3) is 4.27. The molecule has 1 rings (SSSR count). The molecule has 0 aliphatic heterocycles. The average Bonchev–Trinajstić information content (AvgIpc) is 2.49. The van der Waals surface area contributed by atoms with Crippen LogP contribution in [0.3, 0.4) is 0 Å². The van der Waals surface area contributed by atoms with Crippen LogP contribution in [0.2, 0.25) is 0 Å². The summed E-state index contributed by atoms with van der Waals surface area (Å²) in [5, 5.41) is 9.79. The lowest BCUT2D eigenvalue weighted by Crippen LogP contribution is -2.45. The molecule has 126 valence electrons. The van der Waals surface area contributed by atoms with Crippen LogP contribution < -0.4 is 10.5 Å². The van der Waals surface area contributed by atoms with Gasteiger partial charge in [-0.05, 0) is 30.5 Å². The van der Waals surface area contributed by atoms with Crippen LogP contribution in [0.4, 0.5) is 0 Å². The summed E-state index contributed by atoms with van der Waals surface area (Å²) >= 11 is 0. The first-order valence-electron chi connectivity index (χ1n) is 7.25. The molecule has 22 heavy (non-hydrogen) atoms. The Labute approximate surface area is 138 Å². The Bertz CT molecular complexity index is 482.